The molecule has 156 valence electrons. The second-order valence-corrected chi connectivity index (χ2v) is 7.67. The summed E-state index contributed by atoms with van der Waals surface area (Å²) in [5.74, 6) is 0.218. The Morgan fingerprint density at radius 1 is 0.774 bits per heavy atom. The van der Waals surface area contributed by atoms with Gasteiger partial charge in [0.15, 0.2) is 0 Å². The number of hydrogen-bond acceptors (Lipinski definition) is 3. The molecule has 0 saturated heterocycles. The third-order valence-corrected chi connectivity index (χ3v) is 5.58. The molecule has 0 radical (unpaired) electrons. The van der Waals surface area contributed by atoms with Crippen molar-refractivity contribution in [3.63, 3.8) is 0 Å². The standard InChI is InChI=1S/C27H25NO3/c1-19(29)28-24(21-12-6-3-7-13-21)18-25(31-20(2)30)26(22-14-8-4-9-15-22)27(28)23-16-10-5-11-17-23/h3-17,24,27H,18H2,1-2H3/t24-,27-/m1/s1. The third kappa shape index (κ3) is 4.29. The lowest BCUT2D eigenvalue weighted by Crippen LogP contribution is -2.41. The summed E-state index contributed by atoms with van der Waals surface area (Å²) < 4.78 is 5.79. The molecule has 0 aromatic heterocycles. The molecule has 2 atom stereocenters. The van der Waals surface area contributed by atoms with E-state index in [0.29, 0.717) is 12.2 Å². The fraction of sp³-hybridized carbons (Fsp3) is 0.185. The van der Waals surface area contributed by atoms with Gasteiger partial charge in [-0.25, -0.2) is 0 Å². The normalized spacial score (nSPS) is 18.6. The Kier molecular flexibility index (Phi) is 5.99. The number of nitrogens with zero attached hydrogens (tertiary/aromatic N) is 1. The first kappa shape index (κ1) is 20.6. The van der Waals surface area contributed by atoms with Crippen LogP contribution in [0.5, 0.6) is 0 Å². The number of amides is 1. The number of carbonyl (C=O) groups excluding carboxylic acids is 2. The van der Waals surface area contributed by atoms with E-state index in [2.05, 4.69) is 0 Å². The van der Waals surface area contributed by atoms with Crippen LogP contribution in [0.15, 0.2) is 96.8 Å². The maximum absolute atomic E-state index is 13.1. The molecule has 1 aliphatic heterocycles. The molecule has 3 aromatic rings. The SMILES string of the molecule is CC(=O)OC1=C(c2ccccc2)[C@@H](c2ccccc2)N(C(C)=O)[C@@H](c2ccccc2)C1. The van der Waals surface area contributed by atoms with Gasteiger partial charge in [0.2, 0.25) is 5.91 Å². The van der Waals surface area contributed by atoms with Crippen LogP contribution in [-0.2, 0) is 14.3 Å². The highest BCUT2D eigenvalue weighted by atomic mass is 16.5. The molecule has 0 fully saturated rings. The molecular formula is C27H25NO3. The molecule has 4 heteroatoms. The fourth-order valence-electron chi connectivity index (χ4n) is 4.38. The number of hydrogen-bond donors (Lipinski definition) is 0. The van der Waals surface area contributed by atoms with Crippen LogP contribution in [0.2, 0.25) is 0 Å². The molecule has 0 saturated carbocycles. The van der Waals surface area contributed by atoms with Crippen LogP contribution < -0.4 is 0 Å². The van der Waals surface area contributed by atoms with Crippen molar-refractivity contribution in [2.75, 3.05) is 0 Å². The highest BCUT2D eigenvalue weighted by molar-refractivity contribution is 5.83. The minimum atomic E-state index is -0.380. The summed E-state index contributed by atoms with van der Waals surface area (Å²) >= 11 is 0. The molecule has 1 amide bonds. The van der Waals surface area contributed by atoms with Gasteiger partial charge < -0.3 is 9.64 Å². The predicted octanol–water partition coefficient (Wildman–Crippen LogP) is 5.70. The van der Waals surface area contributed by atoms with Gasteiger partial charge in [0, 0.05) is 25.8 Å². The first-order chi connectivity index (χ1) is 15.1. The maximum Gasteiger partial charge on any atom is 0.307 e. The van der Waals surface area contributed by atoms with Crippen LogP contribution in [0.1, 0.15) is 49.0 Å². The lowest BCUT2D eigenvalue weighted by molar-refractivity contribution is -0.138. The van der Waals surface area contributed by atoms with E-state index >= 15 is 0 Å². The Morgan fingerprint density at radius 2 is 1.29 bits per heavy atom. The molecule has 0 unspecified atom stereocenters. The van der Waals surface area contributed by atoms with E-state index in [-0.39, 0.29) is 24.0 Å². The van der Waals surface area contributed by atoms with Crippen molar-refractivity contribution in [3.05, 3.63) is 113 Å². The van der Waals surface area contributed by atoms with Crippen molar-refractivity contribution >= 4 is 17.4 Å². The van der Waals surface area contributed by atoms with Crippen LogP contribution in [-0.4, -0.2) is 16.8 Å². The molecule has 1 aliphatic rings. The van der Waals surface area contributed by atoms with Gasteiger partial charge in [0.25, 0.3) is 0 Å². The van der Waals surface area contributed by atoms with Gasteiger partial charge in [-0.05, 0) is 16.7 Å². The molecule has 0 N–H and O–H groups in total. The highest BCUT2D eigenvalue weighted by Gasteiger charge is 2.41. The van der Waals surface area contributed by atoms with Crippen molar-refractivity contribution in [1.29, 1.82) is 0 Å². The summed E-state index contributed by atoms with van der Waals surface area (Å²) in [7, 11) is 0. The largest absolute Gasteiger partial charge is 0.431 e. The first-order valence-electron chi connectivity index (χ1n) is 10.4. The summed E-state index contributed by atoms with van der Waals surface area (Å²) in [5, 5.41) is 0. The van der Waals surface area contributed by atoms with E-state index in [0.717, 1.165) is 22.3 Å². The van der Waals surface area contributed by atoms with Crippen molar-refractivity contribution in [2.45, 2.75) is 32.4 Å². The number of carbonyl (C=O) groups is 2. The smallest absolute Gasteiger partial charge is 0.307 e. The van der Waals surface area contributed by atoms with Gasteiger partial charge in [-0.3, -0.25) is 9.59 Å². The number of benzene rings is 3. The van der Waals surface area contributed by atoms with Gasteiger partial charge >= 0.3 is 5.97 Å². The van der Waals surface area contributed by atoms with E-state index in [1.54, 1.807) is 6.92 Å². The van der Waals surface area contributed by atoms with Crippen LogP contribution in [0.25, 0.3) is 5.57 Å². The minimum absolute atomic E-state index is 0.0296. The second-order valence-electron chi connectivity index (χ2n) is 7.67. The molecule has 1 heterocycles. The van der Waals surface area contributed by atoms with E-state index in [1.165, 1.54) is 6.92 Å². The third-order valence-electron chi connectivity index (χ3n) is 5.58. The zero-order chi connectivity index (χ0) is 21.8. The topological polar surface area (TPSA) is 46.6 Å². The zero-order valence-electron chi connectivity index (χ0n) is 17.7. The Morgan fingerprint density at radius 3 is 1.81 bits per heavy atom. The molecule has 31 heavy (non-hydrogen) atoms. The summed E-state index contributed by atoms with van der Waals surface area (Å²) in [6.07, 6.45) is 0.427. The van der Waals surface area contributed by atoms with E-state index in [1.807, 2.05) is 95.9 Å². The maximum atomic E-state index is 13.1. The molecule has 3 aromatic carbocycles. The molecule has 0 bridgehead atoms. The fourth-order valence-corrected chi connectivity index (χ4v) is 4.38. The Labute approximate surface area is 182 Å². The summed E-state index contributed by atoms with van der Waals surface area (Å²) in [5.41, 5.74) is 3.77. The lowest BCUT2D eigenvalue weighted by Gasteiger charge is -2.44. The number of rotatable bonds is 4. The number of ether oxygens (including phenoxy) is 1. The van der Waals surface area contributed by atoms with Gasteiger partial charge in [-0.2, -0.15) is 0 Å². The van der Waals surface area contributed by atoms with Crippen LogP contribution in [0.3, 0.4) is 0 Å². The number of esters is 1. The predicted molar refractivity (Wildman–Crippen MR) is 121 cm³/mol. The molecule has 4 rings (SSSR count). The van der Waals surface area contributed by atoms with Gasteiger partial charge in [0.1, 0.15) is 5.76 Å². The minimum Gasteiger partial charge on any atom is -0.431 e. The zero-order valence-corrected chi connectivity index (χ0v) is 17.7. The molecule has 4 nitrogen and oxygen atoms in total. The van der Waals surface area contributed by atoms with Crippen LogP contribution in [0, 0.1) is 0 Å². The van der Waals surface area contributed by atoms with Gasteiger partial charge in [0.05, 0.1) is 12.1 Å². The average molecular weight is 412 g/mol. The van der Waals surface area contributed by atoms with E-state index in [9.17, 15) is 9.59 Å². The van der Waals surface area contributed by atoms with Crippen molar-refractivity contribution in [1.82, 2.24) is 4.90 Å². The first-order valence-corrected chi connectivity index (χ1v) is 10.4. The highest BCUT2D eigenvalue weighted by Crippen LogP contribution is 2.49. The van der Waals surface area contributed by atoms with Crippen LogP contribution >= 0.6 is 0 Å². The summed E-state index contributed by atoms with van der Waals surface area (Å²) in [6.45, 7) is 3.02. The Bertz CT molecular complexity index is 1090. The Hall–Kier alpha value is -3.66. The van der Waals surface area contributed by atoms with Gasteiger partial charge in [-0.15, -0.1) is 0 Å². The van der Waals surface area contributed by atoms with Gasteiger partial charge in [-0.1, -0.05) is 91.0 Å². The van der Waals surface area contributed by atoms with E-state index in [4.69, 9.17) is 4.74 Å². The van der Waals surface area contributed by atoms with Crippen molar-refractivity contribution < 1.29 is 14.3 Å². The Balaban J connectivity index is 1.99. The lowest BCUT2D eigenvalue weighted by atomic mass is 9.82. The van der Waals surface area contributed by atoms with Crippen molar-refractivity contribution in [3.8, 4) is 0 Å². The average Bonchev–Trinajstić information content (AvgIpc) is 2.79. The summed E-state index contributed by atoms with van der Waals surface area (Å²) in [6, 6.07) is 29.1. The van der Waals surface area contributed by atoms with E-state index < -0.39 is 0 Å². The molecule has 0 aliphatic carbocycles. The quantitative estimate of drug-likeness (QED) is 0.518. The summed E-state index contributed by atoms with van der Waals surface area (Å²) in [4.78, 5) is 27.0. The molecule has 0 spiro atoms. The van der Waals surface area contributed by atoms with Crippen LogP contribution in [0.4, 0.5) is 0 Å². The second kappa shape index (κ2) is 9.00. The molecular weight excluding hydrogens is 386 g/mol. The van der Waals surface area contributed by atoms with Crippen molar-refractivity contribution in [2.24, 2.45) is 0 Å². The monoisotopic (exact) mass is 411 g/mol.